The van der Waals surface area contributed by atoms with E-state index in [1.54, 1.807) is 0 Å². The van der Waals surface area contributed by atoms with Gasteiger partial charge < -0.3 is 4.98 Å². The van der Waals surface area contributed by atoms with Crippen molar-refractivity contribution < 1.29 is 0 Å². The van der Waals surface area contributed by atoms with E-state index in [9.17, 15) is 0 Å². The zero-order valence-corrected chi connectivity index (χ0v) is 10.0. The molecule has 0 radical (unpaired) electrons. The van der Waals surface area contributed by atoms with E-state index in [4.69, 9.17) is 0 Å². The molecule has 0 atom stereocenters. The Morgan fingerprint density at radius 2 is 1.69 bits per heavy atom. The van der Waals surface area contributed by atoms with Gasteiger partial charge in [-0.3, -0.25) is 0 Å². The summed E-state index contributed by atoms with van der Waals surface area (Å²) in [5, 5.41) is 5.26. The molecule has 0 amide bonds. The average Bonchev–Trinajstić information content (AvgIpc) is 2.69. The van der Waals surface area contributed by atoms with E-state index in [0.717, 1.165) is 4.47 Å². The minimum absolute atomic E-state index is 1.16. The molecule has 0 saturated carbocycles. The molecule has 0 unspecified atom stereocenters. The molecule has 0 fully saturated rings. The molecule has 1 aromatic heterocycles. The van der Waals surface area contributed by atoms with Crippen LogP contribution < -0.4 is 0 Å². The highest BCUT2D eigenvalue weighted by molar-refractivity contribution is 9.10. The number of hydrogen-bond donors (Lipinski definition) is 1. The van der Waals surface area contributed by atoms with Crippen molar-refractivity contribution in [3.8, 4) is 0 Å². The molecular formula is C14H8BrN. The second kappa shape index (κ2) is 2.77. The van der Waals surface area contributed by atoms with Crippen molar-refractivity contribution in [3.05, 3.63) is 46.9 Å². The van der Waals surface area contributed by atoms with Crippen LogP contribution in [0.5, 0.6) is 0 Å². The fraction of sp³-hybridized carbons (Fsp3) is 0. The lowest BCUT2D eigenvalue weighted by atomic mass is 10.0. The number of H-pyrrole nitrogens is 1. The lowest BCUT2D eigenvalue weighted by Gasteiger charge is -2.02. The smallest absolute Gasteiger partial charge is 0.0471 e. The summed E-state index contributed by atoms with van der Waals surface area (Å²) in [5.74, 6) is 0. The van der Waals surface area contributed by atoms with Crippen LogP contribution in [0.4, 0.5) is 0 Å². The average molecular weight is 270 g/mol. The van der Waals surface area contributed by atoms with Crippen LogP contribution in [-0.2, 0) is 0 Å². The second-order valence-electron chi connectivity index (χ2n) is 4.11. The van der Waals surface area contributed by atoms with Gasteiger partial charge in [-0.15, -0.1) is 0 Å². The number of hydrogen-bond acceptors (Lipinski definition) is 0. The van der Waals surface area contributed by atoms with E-state index in [2.05, 4.69) is 63.4 Å². The Bertz CT molecular complexity index is 813. The highest BCUT2D eigenvalue weighted by Gasteiger charge is 2.11. The third-order valence-electron chi connectivity index (χ3n) is 3.24. The highest BCUT2D eigenvalue weighted by atomic mass is 79.9. The Labute approximate surface area is 101 Å². The Balaban J connectivity index is 2.50. The van der Waals surface area contributed by atoms with Crippen LogP contribution in [0.1, 0.15) is 0 Å². The minimum atomic E-state index is 1.16. The molecular weight excluding hydrogens is 262 g/mol. The topological polar surface area (TPSA) is 15.8 Å². The molecule has 4 aromatic rings. The quantitative estimate of drug-likeness (QED) is 0.447. The monoisotopic (exact) mass is 269 g/mol. The zero-order chi connectivity index (χ0) is 10.7. The minimum Gasteiger partial charge on any atom is -0.354 e. The van der Waals surface area contributed by atoms with Crippen molar-refractivity contribution in [2.24, 2.45) is 0 Å². The van der Waals surface area contributed by atoms with Gasteiger partial charge >= 0.3 is 0 Å². The largest absolute Gasteiger partial charge is 0.354 e. The third kappa shape index (κ3) is 0.908. The maximum Gasteiger partial charge on any atom is 0.0471 e. The van der Waals surface area contributed by atoms with Crippen LogP contribution >= 0.6 is 15.9 Å². The van der Waals surface area contributed by atoms with Crippen molar-refractivity contribution in [1.29, 1.82) is 0 Å². The molecule has 2 heteroatoms. The van der Waals surface area contributed by atoms with Gasteiger partial charge in [0, 0.05) is 26.3 Å². The van der Waals surface area contributed by atoms with E-state index >= 15 is 0 Å². The maximum absolute atomic E-state index is 3.61. The van der Waals surface area contributed by atoms with E-state index in [1.165, 1.54) is 32.6 Å². The summed E-state index contributed by atoms with van der Waals surface area (Å²) in [5.41, 5.74) is 2.43. The molecule has 76 valence electrons. The van der Waals surface area contributed by atoms with Crippen LogP contribution in [0.2, 0.25) is 0 Å². The summed E-state index contributed by atoms with van der Waals surface area (Å²) in [4.78, 5) is 3.47. The maximum atomic E-state index is 3.61. The van der Waals surface area contributed by atoms with Crippen molar-refractivity contribution in [1.82, 2.24) is 4.98 Å². The summed E-state index contributed by atoms with van der Waals surface area (Å²) in [6, 6.07) is 15.0. The highest BCUT2D eigenvalue weighted by Crippen LogP contribution is 2.37. The molecule has 0 saturated heterocycles. The molecule has 0 bridgehead atoms. The molecule has 0 aliphatic carbocycles. The van der Waals surface area contributed by atoms with Crippen LogP contribution in [-0.4, -0.2) is 4.98 Å². The van der Waals surface area contributed by atoms with Gasteiger partial charge in [-0.05, 0) is 29.0 Å². The summed E-state index contributed by atoms with van der Waals surface area (Å²) in [7, 11) is 0. The molecule has 0 aliphatic rings. The van der Waals surface area contributed by atoms with Gasteiger partial charge in [0.2, 0.25) is 0 Å². The van der Waals surface area contributed by atoms with E-state index in [-0.39, 0.29) is 0 Å². The predicted octanol–water partition coefficient (Wildman–Crippen LogP) is 4.67. The number of benzene rings is 3. The molecule has 1 heterocycles. The standard InChI is InChI=1S/C14H8BrN/c15-10-6-7-12-14-9(10)5-4-8-2-1-3-11(16-12)13(8)14/h1-7,16H. The van der Waals surface area contributed by atoms with Gasteiger partial charge in [-0.1, -0.05) is 40.2 Å². The molecule has 4 rings (SSSR count). The second-order valence-corrected chi connectivity index (χ2v) is 4.97. The molecule has 3 aromatic carbocycles. The first-order valence-electron chi connectivity index (χ1n) is 5.25. The lowest BCUT2D eigenvalue weighted by Crippen LogP contribution is -1.76. The summed E-state index contributed by atoms with van der Waals surface area (Å²) in [6.45, 7) is 0. The SMILES string of the molecule is Brc1ccc2[nH]c3cccc4ccc1c2c43. The van der Waals surface area contributed by atoms with E-state index in [0.29, 0.717) is 0 Å². The van der Waals surface area contributed by atoms with Crippen molar-refractivity contribution in [2.75, 3.05) is 0 Å². The van der Waals surface area contributed by atoms with Crippen molar-refractivity contribution in [3.63, 3.8) is 0 Å². The van der Waals surface area contributed by atoms with E-state index < -0.39 is 0 Å². The van der Waals surface area contributed by atoms with Crippen LogP contribution in [0, 0.1) is 0 Å². The van der Waals surface area contributed by atoms with Crippen molar-refractivity contribution >= 4 is 48.5 Å². The van der Waals surface area contributed by atoms with Crippen LogP contribution in [0.15, 0.2) is 46.9 Å². The number of nitrogens with one attached hydrogen (secondary N) is 1. The van der Waals surface area contributed by atoms with Gasteiger partial charge in [0.05, 0.1) is 0 Å². The summed E-state index contributed by atoms with van der Waals surface area (Å²) < 4.78 is 1.16. The zero-order valence-electron chi connectivity index (χ0n) is 8.42. The first-order valence-corrected chi connectivity index (χ1v) is 6.05. The van der Waals surface area contributed by atoms with Gasteiger partial charge in [0.25, 0.3) is 0 Å². The molecule has 0 spiro atoms. The molecule has 16 heavy (non-hydrogen) atoms. The normalized spacial score (nSPS) is 12.1. The van der Waals surface area contributed by atoms with Gasteiger partial charge in [0.15, 0.2) is 0 Å². The Morgan fingerprint density at radius 1 is 0.812 bits per heavy atom. The summed E-state index contributed by atoms with van der Waals surface area (Å²) >= 11 is 3.61. The van der Waals surface area contributed by atoms with Crippen LogP contribution in [0.3, 0.4) is 0 Å². The van der Waals surface area contributed by atoms with Gasteiger partial charge in [-0.2, -0.15) is 0 Å². The number of halogens is 1. The fourth-order valence-corrected chi connectivity index (χ4v) is 3.00. The van der Waals surface area contributed by atoms with E-state index in [1.807, 2.05) is 0 Å². The first-order chi connectivity index (χ1) is 7.84. The Hall–Kier alpha value is -1.54. The molecule has 0 aliphatic heterocycles. The molecule has 1 N–H and O–H groups in total. The van der Waals surface area contributed by atoms with Crippen LogP contribution in [0.25, 0.3) is 32.6 Å². The Morgan fingerprint density at radius 3 is 2.62 bits per heavy atom. The lowest BCUT2D eigenvalue weighted by molar-refractivity contribution is 1.55. The first kappa shape index (κ1) is 8.59. The fourth-order valence-electron chi connectivity index (χ4n) is 2.54. The predicted molar refractivity (Wildman–Crippen MR) is 72.2 cm³/mol. The number of aromatic amines is 1. The van der Waals surface area contributed by atoms with Gasteiger partial charge in [0.1, 0.15) is 0 Å². The third-order valence-corrected chi connectivity index (χ3v) is 3.93. The van der Waals surface area contributed by atoms with Gasteiger partial charge in [-0.25, -0.2) is 0 Å². The van der Waals surface area contributed by atoms with Crippen molar-refractivity contribution in [2.45, 2.75) is 0 Å². The Kier molecular flexibility index (Phi) is 1.49. The summed E-state index contributed by atoms with van der Waals surface area (Å²) in [6.07, 6.45) is 0. The number of rotatable bonds is 0. The molecule has 1 nitrogen and oxygen atoms in total. The number of aromatic nitrogens is 1.